The van der Waals surface area contributed by atoms with E-state index in [1.54, 1.807) is 6.20 Å². The van der Waals surface area contributed by atoms with Crippen molar-refractivity contribution in [2.45, 2.75) is 26.2 Å². The van der Waals surface area contributed by atoms with Crippen LogP contribution in [0.5, 0.6) is 0 Å². The maximum absolute atomic E-state index is 12.6. The van der Waals surface area contributed by atoms with Crippen molar-refractivity contribution in [1.29, 1.82) is 0 Å². The topological polar surface area (TPSA) is 75.4 Å². The predicted molar refractivity (Wildman–Crippen MR) is 85.4 cm³/mol. The number of hydrogen-bond donors (Lipinski definition) is 0. The lowest BCUT2D eigenvalue weighted by atomic mass is 10.2. The Morgan fingerprint density at radius 3 is 2.83 bits per heavy atom. The van der Waals surface area contributed by atoms with Crippen molar-refractivity contribution in [3.05, 3.63) is 36.2 Å². The fourth-order valence-corrected chi connectivity index (χ4v) is 2.62. The van der Waals surface area contributed by atoms with E-state index < -0.39 is 0 Å². The average molecular weight is 315 g/mol. The van der Waals surface area contributed by atoms with Gasteiger partial charge in [-0.1, -0.05) is 13.8 Å². The lowest BCUT2D eigenvalue weighted by molar-refractivity contribution is 0.0761. The van der Waals surface area contributed by atoms with Crippen LogP contribution in [0.15, 0.2) is 29.0 Å². The maximum Gasteiger partial charge on any atom is 0.275 e. The monoisotopic (exact) mass is 315 g/mol. The number of nitrogens with zero attached hydrogens (tertiary/aromatic N) is 5. The number of oxazole rings is 1. The number of rotatable bonds is 3. The van der Waals surface area contributed by atoms with Gasteiger partial charge in [-0.3, -0.25) is 4.79 Å². The van der Waals surface area contributed by atoms with Crippen molar-refractivity contribution in [2.24, 2.45) is 0 Å². The number of carbonyl (C=O) groups is 1. The molecule has 7 nitrogen and oxygen atoms in total. The van der Waals surface area contributed by atoms with Gasteiger partial charge in [-0.2, -0.15) is 5.10 Å². The zero-order valence-corrected chi connectivity index (χ0v) is 13.5. The molecule has 0 unspecified atom stereocenters. The minimum absolute atomic E-state index is 0.0679. The summed E-state index contributed by atoms with van der Waals surface area (Å²) in [7, 11) is 0. The third kappa shape index (κ3) is 3.49. The van der Waals surface area contributed by atoms with Crippen molar-refractivity contribution in [1.82, 2.24) is 20.1 Å². The van der Waals surface area contributed by atoms with Crippen LogP contribution in [0.4, 0.5) is 5.82 Å². The Morgan fingerprint density at radius 2 is 2.13 bits per heavy atom. The summed E-state index contributed by atoms with van der Waals surface area (Å²) in [6.45, 7) is 6.92. The molecule has 3 heterocycles. The first-order valence-electron chi connectivity index (χ1n) is 7.92. The third-order valence-electron chi connectivity index (χ3n) is 3.90. The van der Waals surface area contributed by atoms with E-state index in [2.05, 4.69) is 20.1 Å². The summed E-state index contributed by atoms with van der Waals surface area (Å²) < 4.78 is 5.37. The van der Waals surface area contributed by atoms with Gasteiger partial charge in [0.1, 0.15) is 6.26 Å². The molecular formula is C16H21N5O2. The summed E-state index contributed by atoms with van der Waals surface area (Å²) in [6.07, 6.45) is 4.01. The summed E-state index contributed by atoms with van der Waals surface area (Å²) in [4.78, 5) is 20.9. The molecule has 2 aromatic heterocycles. The maximum atomic E-state index is 12.6. The third-order valence-corrected chi connectivity index (χ3v) is 3.90. The van der Waals surface area contributed by atoms with Gasteiger partial charge in [0.2, 0.25) is 0 Å². The highest BCUT2D eigenvalue weighted by Crippen LogP contribution is 2.16. The van der Waals surface area contributed by atoms with Crippen molar-refractivity contribution < 1.29 is 9.21 Å². The van der Waals surface area contributed by atoms with E-state index in [1.807, 2.05) is 30.9 Å². The molecule has 1 fully saturated rings. The fourth-order valence-electron chi connectivity index (χ4n) is 2.62. The molecule has 0 spiro atoms. The van der Waals surface area contributed by atoms with Crippen LogP contribution < -0.4 is 4.90 Å². The van der Waals surface area contributed by atoms with Crippen LogP contribution in [0.2, 0.25) is 0 Å². The van der Waals surface area contributed by atoms with Crippen molar-refractivity contribution >= 4 is 11.7 Å². The molecule has 23 heavy (non-hydrogen) atoms. The van der Waals surface area contributed by atoms with Gasteiger partial charge in [0.25, 0.3) is 5.91 Å². The molecular weight excluding hydrogens is 294 g/mol. The van der Waals surface area contributed by atoms with E-state index in [1.165, 1.54) is 6.26 Å². The Labute approximate surface area is 135 Å². The predicted octanol–water partition coefficient (Wildman–Crippen LogP) is 1.94. The standard InChI is InChI=1S/C16H21N5O2/c1-12(2)15-18-13(11-23-15)16(22)21-8-4-7-20(9-10-21)14-5-3-6-17-19-14/h3,5-6,11-12H,4,7-10H2,1-2H3. The molecule has 0 bridgehead atoms. The van der Waals surface area contributed by atoms with Gasteiger partial charge in [0.15, 0.2) is 17.4 Å². The highest BCUT2D eigenvalue weighted by molar-refractivity contribution is 5.92. The second-order valence-corrected chi connectivity index (χ2v) is 5.94. The number of hydrogen-bond acceptors (Lipinski definition) is 6. The number of amides is 1. The van der Waals surface area contributed by atoms with Gasteiger partial charge in [-0.15, -0.1) is 5.10 Å². The van der Waals surface area contributed by atoms with Crippen LogP contribution in [-0.4, -0.2) is 52.2 Å². The smallest absolute Gasteiger partial charge is 0.275 e. The molecule has 122 valence electrons. The normalized spacial score (nSPS) is 15.8. The quantitative estimate of drug-likeness (QED) is 0.861. The van der Waals surface area contributed by atoms with Crippen molar-refractivity contribution in [2.75, 3.05) is 31.1 Å². The van der Waals surface area contributed by atoms with E-state index in [4.69, 9.17) is 4.42 Å². The first-order valence-corrected chi connectivity index (χ1v) is 7.92. The summed E-state index contributed by atoms with van der Waals surface area (Å²) in [5, 5.41) is 8.06. The average Bonchev–Trinajstić information content (AvgIpc) is 2.94. The van der Waals surface area contributed by atoms with E-state index in [0.717, 1.165) is 25.3 Å². The molecule has 0 radical (unpaired) electrons. The van der Waals surface area contributed by atoms with Gasteiger partial charge in [-0.25, -0.2) is 4.98 Å². The minimum Gasteiger partial charge on any atom is -0.448 e. The summed E-state index contributed by atoms with van der Waals surface area (Å²) in [5.74, 6) is 1.56. The Balaban J connectivity index is 1.66. The van der Waals surface area contributed by atoms with Crippen molar-refractivity contribution in [3.63, 3.8) is 0 Å². The van der Waals surface area contributed by atoms with Crippen molar-refractivity contribution in [3.8, 4) is 0 Å². The van der Waals surface area contributed by atoms with E-state index >= 15 is 0 Å². The molecule has 1 saturated heterocycles. The van der Waals surface area contributed by atoms with Crippen LogP contribution in [0.3, 0.4) is 0 Å². The summed E-state index contributed by atoms with van der Waals surface area (Å²) in [6, 6.07) is 3.82. The highest BCUT2D eigenvalue weighted by Gasteiger charge is 2.23. The van der Waals surface area contributed by atoms with Gasteiger partial charge in [-0.05, 0) is 18.6 Å². The van der Waals surface area contributed by atoms with Gasteiger partial charge in [0, 0.05) is 38.3 Å². The Bertz CT molecular complexity index is 656. The number of aromatic nitrogens is 3. The molecule has 0 aliphatic carbocycles. The van der Waals surface area contributed by atoms with Gasteiger partial charge >= 0.3 is 0 Å². The Morgan fingerprint density at radius 1 is 1.26 bits per heavy atom. The lowest BCUT2D eigenvalue weighted by Crippen LogP contribution is -2.35. The van der Waals surface area contributed by atoms with Crippen LogP contribution in [-0.2, 0) is 0 Å². The zero-order valence-electron chi connectivity index (χ0n) is 13.5. The fraction of sp³-hybridized carbons (Fsp3) is 0.500. The molecule has 1 amide bonds. The summed E-state index contributed by atoms with van der Waals surface area (Å²) in [5.41, 5.74) is 0.390. The van der Waals surface area contributed by atoms with Crippen LogP contribution in [0.25, 0.3) is 0 Å². The Hall–Kier alpha value is -2.44. The van der Waals surface area contributed by atoms with E-state index in [0.29, 0.717) is 24.7 Å². The van der Waals surface area contributed by atoms with Gasteiger partial charge in [0.05, 0.1) is 0 Å². The van der Waals surface area contributed by atoms with E-state index in [9.17, 15) is 4.79 Å². The van der Waals surface area contributed by atoms with Crippen LogP contribution in [0, 0.1) is 0 Å². The SMILES string of the molecule is CC(C)c1nc(C(=O)N2CCCN(c3cccnn3)CC2)co1. The molecule has 1 aliphatic rings. The first-order chi connectivity index (χ1) is 11.1. The number of anilines is 1. The van der Waals surface area contributed by atoms with Crippen LogP contribution >= 0.6 is 0 Å². The molecule has 2 aromatic rings. The number of carbonyl (C=O) groups excluding carboxylic acids is 1. The minimum atomic E-state index is -0.0679. The second kappa shape index (κ2) is 6.76. The second-order valence-electron chi connectivity index (χ2n) is 5.94. The molecule has 1 aliphatic heterocycles. The molecule has 0 atom stereocenters. The Kier molecular flexibility index (Phi) is 4.55. The molecule has 0 saturated carbocycles. The first kappa shape index (κ1) is 15.5. The molecule has 0 N–H and O–H groups in total. The highest BCUT2D eigenvalue weighted by atomic mass is 16.3. The molecule has 7 heteroatoms. The molecule has 0 aromatic carbocycles. The van der Waals surface area contributed by atoms with Crippen LogP contribution in [0.1, 0.15) is 42.6 Å². The molecule has 3 rings (SSSR count). The van der Waals surface area contributed by atoms with Gasteiger partial charge < -0.3 is 14.2 Å². The van der Waals surface area contributed by atoms with E-state index in [-0.39, 0.29) is 11.8 Å². The zero-order chi connectivity index (χ0) is 16.2. The largest absolute Gasteiger partial charge is 0.448 e. The summed E-state index contributed by atoms with van der Waals surface area (Å²) >= 11 is 0. The lowest BCUT2D eigenvalue weighted by Gasteiger charge is -2.21.